The maximum Gasteiger partial charge on any atom is 0.244 e. The zero-order valence-electron chi connectivity index (χ0n) is 16.1. The summed E-state index contributed by atoms with van der Waals surface area (Å²) < 4.78 is 13.5. The average Bonchev–Trinajstić information content (AvgIpc) is 2.71. The molecule has 0 bridgehead atoms. The number of carbonyl (C=O) groups excluding carboxylic acids is 1. The summed E-state index contributed by atoms with van der Waals surface area (Å²) in [5.74, 6) is 0.891. The SMILES string of the molecule is Cc1cc(N2CCCCC2)nc(NCCNC(=O)/C=C/c2ccccc2F)n1. The molecule has 3 rings (SSSR count). The van der Waals surface area contributed by atoms with E-state index in [-0.39, 0.29) is 11.7 Å². The molecule has 7 heteroatoms. The number of nitrogens with one attached hydrogen (secondary N) is 2. The number of aromatic nitrogens is 2. The summed E-state index contributed by atoms with van der Waals surface area (Å²) in [6.07, 6.45) is 6.45. The molecule has 0 radical (unpaired) electrons. The Kier molecular flexibility index (Phi) is 6.94. The summed E-state index contributed by atoms with van der Waals surface area (Å²) in [4.78, 5) is 23.2. The Bertz CT molecular complexity index is 833. The predicted molar refractivity (Wildman–Crippen MR) is 110 cm³/mol. The number of amides is 1. The molecule has 0 aliphatic carbocycles. The van der Waals surface area contributed by atoms with Gasteiger partial charge in [-0.15, -0.1) is 0 Å². The highest BCUT2D eigenvalue weighted by Gasteiger charge is 2.13. The molecule has 0 unspecified atom stereocenters. The van der Waals surface area contributed by atoms with Crippen molar-refractivity contribution in [2.75, 3.05) is 36.4 Å². The molecular formula is C21H26FN5O. The van der Waals surface area contributed by atoms with Gasteiger partial charge >= 0.3 is 0 Å². The first-order valence-corrected chi connectivity index (χ1v) is 9.67. The van der Waals surface area contributed by atoms with Crippen molar-refractivity contribution in [3.63, 3.8) is 0 Å². The van der Waals surface area contributed by atoms with Gasteiger partial charge in [0, 0.05) is 49.6 Å². The molecule has 0 spiro atoms. The van der Waals surface area contributed by atoms with E-state index in [1.54, 1.807) is 18.2 Å². The monoisotopic (exact) mass is 383 g/mol. The third-order valence-electron chi connectivity index (χ3n) is 4.55. The molecule has 0 saturated carbocycles. The Hall–Kier alpha value is -2.96. The van der Waals surface area contributed by atoms with Crippen LogP contribution in [0, 0.1) is 12.7 Å². The molecule has 0 atom stereocenters. The number of hydrogen-bond acceptors (Lipinski definition) is 5. The summed E-state index contributed by atoms with van der Waals surface area (Å²) in [6, 6.07) is 8.33. The van der Waals surface area contributed by atoms with Crippen molar-refractivity contribution in [3.05, 3.63) is 53.5 Å². The maximum absolute atomic E-state index is 13.5. The number of rotatable bonds is 7. The highest BCUT2D eigenvalue weighted by atomic mass is 19.1. The molecule has 2 aromatic rings. The molecule has 6 nitrogen and oxygen atoms in total. The number of aryl methyl sites for hydroxylation is 1. The van der Waals surface area contributed by atoms with Gasteiger partial charge in [0.05, 0.1) is 0 Å². The minimum absolute atomic E-state index is 0.274. The number of halogens is 1. The topological polar surface area (TPSA) is 70.2 Å². The first-order valence-electron chi connectivity index (χ1n) is 9.67. The molecule has 1 aromatic heterocycles. The van der Waals surface area contributed by atoms with Crippen molar-refractivity contribution in [3.8, 4) is 0 Å². The number of benzene rings is 1. The summed E-state index contributed by atoms with van der Waals surface area (Å²) >= 11 is 0. The molecule has 1 fully saturated rings. The summed E-state index contributed by atoms with van der Waals surface area (Å²) in [5, 5.41) is 5.91. The highest BCUT2D eigenvalue weighted by molar-refractivity contribution is 5.91. The summed E-state index contributed by atoms with van der Waals surface area (Å²) in [6.45, 7) is 4.93. The van der Waals surface area contributed by atoms with Gasteiger partial charge in [-0.05, 0) is 38.3 Å². The molecule has 1 aromatic carbocycles. The van der Waals surface area contributed by atoms with Crippen molar-refractivity contribution >= 4 is 23.7 Å². The Morgan fingerprint density at radius 2 is 1.96 bits per heavy atom. The Balaban J connectivity index is 1.46. The van der Waals surface area contributed by atoms with Crippen LogP contribution in [0.3, 0.4) is 0 Å². The molecular weight excluding hydrogens is 357 g/mol. The quantitative estimate of drug-likeness (QED) is 0.568. The molecule has 1 saturated heterocycles. The molecule has 1 amide bonds. The second-order valence-electron chi connectivity index (χ2n) is 6.81. The van der Waals surface area contributed by atoms with Crippen molar-refractivity contribution in [2.24, 2.45) is 0 Å². The van der Waals surface area contributed by atoms with Gasteiger partial charge < -0.3 is 15.5 Å². The van der Waals surface area contributed by atoms with Gasteiger partial charge in [0.2, 0.25) is 11.9 Å². The van der Waals surface area contributed by atoms with Crippen LogP contribution >= 0.6 is 0 Å². The van der Waals surface area contributed by atoms with Gasteiger partial charge in [0.1, 0.15) is 11.6 Å². The molecule has 28 heavy (non-hydrogen) atoms. The summed E-state index contributed by atoms with van der Waals surface area (Å²) in [5.41, 5.74) is 1.30. The van der Waals surface area contributed by atoms with Gasteiger partial charge in [-0.3, -0.25) is 4.79 Å². The lowest BCUT2D eigenvalue weighted by Gasteiger charge is -2.28. The summed E-state index contributed by atoms with van der Waals surface area (Å²) in [7, 11) is 0. The van der Waals surface area contributed by atoms with Crippen LogP contribution in [0.4, 0.5) is 16.2 Å². The number of nitrogens with zero attached hydrogens (tertiary/aromatic N) is 3. The first kappa shape index (κ1) is 19.8. The van der Waals surface area contributed by atoms with Gasteiger partial charge in [-0.25, -0.2) is 9.37 Å². The van der Waals surface area contributed by atoms with E-state index in [0.29, 0.717) is 24.6 Å². The molecule has 148 valence electrons. The van der Waals surface area contributed by atoms with Gasteiger partial charge in [0.25, 0.3) is 0 Å². The second-order valence-corrected chi connectivity index (χ2v) is 6.81. The molecule has 1 aliphatic rings. The zero-order chi connectivity index (χ0) is 19.8. The van der Waals surface area contributed by atoms with Gasteiger partial charge in [-0.2, -0.15) is 4.98 Å². The van der Waals surface area contributed by atoms with Crippen molar-refractivity contribution in [1.82, 2.24) is 15.3 Å². The van der Waals surface area contributed by atoms with E-state index in [0.717, 1.165) is 24.6 Å². The second kappa shape index (κ2) is 9.82. The first-order chi connectivity index (χ1) is 13.6. The van der Waals surface area contributed by atoms with E-state index in [9.17, 15) is 9.18 Å². The van der Waals surface area contributed by atoms with Crippen molar-refractivity contribution in [2.45, 2.75) is 26.2 Å². The zero-order valence-corrected chi connectivity index (χ0v) is 16.1. The normalized spacial score (nSPS) is 14.3. The number of carbonyl (C=O) groups is 1. The van der Waals surface area contributed by atoms with Crippen molar-refractivity contribution < 1.29 is 9.18 Å². The van der Waals surface area contributed by atoms with Crippen LogP contribution in [0.1, 0.15) is 30.5 Å². The van der Waals surface area contributed by atoms with Crippen LogP contribution in [0.25, 0.3) is 6.08 Å². The lowest BCUT2D eigenvalue weighted by atomic mass is 10.1. The van der Waals surface area contributed by atoms with Crippen LogP contribution in [0.15, 0.2) is 36.4 Å². The van der Waals surface area contributed by atoms with E-state index >= 15 is 0 Å². The van der Waals surface area contributed by atoms with Crippen LogP contribution in [0.2, 0.25) is 0 Å². The van der Waals surface area contributed by atoms with E-state index in [2.05, 4.69) is 25.5 Å². The Morgan fingerprint density at radius 1 is 1.18 bits per heavy atom. The lowest BCUT2D eigenvalue weighted by Crippen LogP contribution is -2.31. The van der Waals surface area contributed by atoms with E-state index in [1.165, 1.54) is 37.5 Å². The molecule has 2 heterocycles. The lowest BCUT2D eigenvalue weighted by molar-refractivity contribution is -0.116. The fourth-order valence-electron chi connectivity index (χ4n) is 3.11. The fourth-order valence-corrected chi connectivity index (χ4v) is 3.11. The van der Waals surface area contributed by atoms with Crippen LogP contribution < -0.4 is 15.5 Å². The molecule has 2 N–H and O–H groups in total. The third kappa shape index (κ3) is 5.77. The van der Waals surface area contributed by atoms with E-state index in [1.807, 2.05) is 13.0 Å². The number of anilines is 2. The maximum atomic E-state index is 13.5. The predicted octanol–water partition coefficient (Wildman–Crippen LogP) is 3.16. The molecule has 1 aliphatic heterocycles. The van der Waals surface area contributed by atoms with Crippen molar-refractivity contribution in [1.29, 1.82) is 0 Å². The largest absolute Gasteiger partial charge is 0.356 e. The van der Waals surface area contributed by atoms with Gasteiger partial charge in [-0.1, -0.05) is 18.2 Å². The minimum atomic E-state index is -0.352. The fraction of sp³-hybridized carbons (Fsp3) is 0.381. The van der Waals surface area contributed by atoms with Crippen LogP contribution in [-0.2, 0) is 4.79 Å². The van der Waals surface area contributed by atoms with Crippen LogP contribution in [-0.4, -0.2) is 42.1 Å². The van der Waals surface area contributed by atoms with E-state index < -0.39 is 0 Å². The number of hydrogen-bond donors (Lipinski definition) is 2. The Morgan fingerprint density at radius 3 is 2.75 bits per heavy atom. The minimum Gasteiger partial charge on any atom is -0.356 e. The van der Waals surface area contributed by atoms with Crippen LogP contribution in [0.5, 0.6) is 0 Å². The Labute approximate surface area is 164 Å². The average molecular weight is 383 g/mol. The smallest absolute Gasteiger partial charge is 0.244 e. The highest BCUT2D eigenvalue weighted by Crippen LogP contribution is 2.19. The van der Waals surface area contributed by atoms with Gasteiger partial charge in [0.15, 0.2) is 0 Å². The standard InChI is InChI=1S/C21H26FN5O/c1-16-15-19(27-13-5-2-6-14-27)26-21(25-16)24-12-11-23-20(28)10-9-17-7-3-4-8-18(17)22/h3-4,7-10,15H,2,5-6,11-14H2,1H3,(H,23,28)(H,24,25,26)/b10-9+. The van der Waals surface area contributed by atoms with E-state index in [4.69, 9.17) is 0 Å². The number of piperidine rings is 1. The third-order valence-corrected chi connectivity index (χ3v) is 4.55.